The Hall–Kier alpha value is -2.04. The second-order valence-electron chi connectivity index (χ2n) is 4.44. The molecule has 0 aromatic heterocycles. The highest BCUT2D eigenvalue weighted by Gasteiger charge is 2.36. The molecule has 0 amide bonds. The van der Waals surface area contributed by atoms with Crippen molar-refractivity contribution in [1.82, 2.24) is 4.90 Å². The molecule has 0 aliphatic carbocycles. The highest BCUT2D eigenvalue weighted by Crippen LogP contribution is 2.34. The summed E-state index contributed by atoms with van der Waals surface area (Å²) in [5.74, 6) is 0.109. The number of nitrogen functional groups attached to an aromatic ring is 1. The molecule has 88 valence electrons. The van der Waals surface area contributed by atoms with Crippen LogP contribution in [0.3, 0.4) is 0 Å². The van der Waals surface area contributed by atoms with Crippen LogP contribution in [0, 0.1) is 0 Å². The minimum atomic E-state index is -0.775. The molecule has 1 fully saturated rings. The average Bonchev–Trinajstić information content (AvgIpc) is 2.68. The van der Waals surface area contributed by atoms with Gasteiger partial charge in [0.05, 0.1) is 5.69 Å². The molecule has 2 heterocycles. The van der Waals surface area contributed by atoms with E-state index in [9.17, 15) is 4.79 Å². The minimum absolute atomic E-state index is 0.441. The first-order valence-corrected chi connectivity index (χ1v) is 5.60. The smallest absolute Gasteiger partial charge is 0.326 e. The predicted octanol–water partition coefficient (Wildman–Crippen LogP) is 1.36. The first-order valence-electron chi connectivity index (χ1n) is 5.60. The van der Waals surface area contributed by atoms with Crippen molar-refractivity contribution in [2.45, 2.75) is 25.4 Å². The molecule has 0 unspecified atom stereocenters. The highest BCUT2D eigenvalue weighted by molar-refractivity contribution is 5.94. The number of hydrogen-bond acceptors (Lipinski definition) is 4. The fourth-order valence-electron chi connectivity index (χ4n) is 2.49. The number of aliphatic carboxylic acids is 1. The Morgan fingerprint density at radius 2 is 2.35 bits per heavy atom. The Balaban J connectivity index is 2.00. The summed E-state index contributed by atoms with van der Waals surface area (Å²) in [6, 6.07) is 5.14. The first kappa shape index (κ1) is 10.1. The third-order valence-corrected chi connectivity index (χ3v) is 3.33. The lowest BCUT2D eigenvalue weighted by Crippen LogP contribution is -2.39. The van der Waals surface area contributed by atoms with Gasteiger partial charge in [0.25, 0.3) is 0 Å². The minimum Gasteiger partial charge on any atom is -0.480 e. The summed E-state index contributed by atoms with van der Waals surface area (Å²) in [4.78, 5) is 17.5. The maximum Gasteiger partial charge on any atom is 0.326 e. The van der Waals surface area contributed by atoms with Gasteiger partial charge in [0, 0.05) is 18.7 Å². The van der Waals surface area contributed by atoms with Gasteiger partial charge in [-0.1, -0.05) is 0 Å². The van der Waals surface area contributed by atoms with Crippen LogP contribution >= 0.6 is 0 Å². The average molecular weight is 231 g/mol. The summed E-state index contributed by atoms with van der Waals surface area (Å²) in [7, 11) is 0. The highest BCUT2D eigenvalue weighted by atomic mass is 16.4. The van der Waals surface area contributed by atoms with Gasteiger partial charge in [-0.15, -0.1) is 0 Å². The largest absolute Gasteiger partial charge is 0.480 e. The van der Waals surface area contributed by atoms with Crippen molar-refractivity contribution >= 4 is 23.2 Å². The molecule has 0 saturated carbocycles. The zero-order valence-electron chi connectivity index (χ0n) is 9.26. The standard InChI is InChI=1S/C12H13N3O2/c13-8-1-2-9-7(5-8)6-15-10(12(16)17)3-4-11(15)14-9/h1-2,5,10H,3-4,6,13H2,(H,16,17)/t10-/m0/s1. The lowest BCUT2D eigenvalue weighted by atomic mass is 10.1. The Labute approximate surface area is 98.6 Å². The van der Waals surface area contributed by atoms with E-state index >= 15 is 0 Å². The molecule has 17 heavy (non-hydrogen) atoms. The third-order valence-electron chi connectivity index (χ3n) is 3.33. The van der Waals surface area contributed by atoms with Crippen molar-refractivity contribution in [3.63, 3.8) is 0 Å². The van der Waals surface area contributed by atoms with E-state index in [4.69, 9.17) is 10.8 Å². The van der Waals surface area contributed by atoms with Crippen LogP contribution in [0.5, 0.6) is 0 Å². The molecule has 0 spiro atoms. The van der Waals surface area contributed by atoms with Crippen molar-refractivity contribution in [2.75, 3.05) is 5.73 Å². The van der Waals surface area contributed by atoms with E-state index in [2.05, 4.69) is 4.99 Å². The van der Waals surface area contributed by atoms with Crippen LogP contribution in [-0.4, -0.2) is 27.9 Å². The van der Waals surface area contributed by atoms with Gasteiger partial charge >= 0.3 is 5.97 Å². The molecule has 0 radical (unpaired) electrons. The van der Waals surface area contributed by atoms with Gasteiger partial charge in [-0.05, 0) is 30.2 Å². The molecule has 1 atom stereocenters. The van der Waals surface area contributed by atoms with Crippen molar-refractivity contribution in [2.24, 2.45) is 4.99 Å². The summed E-state index contributed by atoms with van der Waals surface area (Å²) in [5.41, 5.74) is 8.33. The van der Waals surface area contributed by atoms with Crippen molar-refractivity contribution in [1.29, 1.82) is 0 Å². The first-order chi connectivity index (χ1) is 8.15. The maximum atomic E-state index is 11.1. The monoisotopic (exact) mass is 231 g/mol. The number of fused-ring (bicyclic) bond motifs is 2. The number of nitrogens with two attached hydrogens (primary N) is 1. The Kier molecular flexibility index (Phi) is 2.07. The molecule has 1 aromatic carbocycles. The van der Waals surface area contributed by atoms with Crippen molar-refractivity contribution in [3.8, 4) is 0 Å². The predicted molar refractivity (Wildman–Crippen MR) is 64.2 cm³/mol. The number of carboxylic acid groups (broad SMARTS) is 1. The second kappa shape index (κ2) is 3.48. The van der Waals surface area contributed by atoms with Crippen LogP contribution in [0.4, 0.5) is 11.4 Å². The van der Waals surface area contributed by atoms with E-state index in [0.29, 0.717) is 18.7 Å². The summed E-state index contributed by atoms with van der Waals surface area (Å²) in [6.45, 7) is 0.593. The number of nitrogens with zero attached hydrogens (tertiary/aromatic N) is 2. The van der Waals surface area contributed by atoms with E-state index in [1.807, 2.05) is 23.1 Å². The molecule has 5 heteroatoms. The SMILES string of the molecule is Nc1ccc2c(c1)CN1C(=N2)CC[C@H]1C(=O)O. The molecular weight excluding hydrogens is 218 g/mol. The van der Waals surface area contributed by atoms with Gasteiger partial charge in [-0.25, -0.2) is 9.79 Å². The summed E-state index contributed by atoms with van der Waals surface area (Å²) in [6.07, 6.45) is 1.37. The van der Waals surface area contributed by atoms with E-state index in [-0.39, 0.29) is 0 Å². The molecule has 0 bridgehead atoms. The van der Waals surface area contributed by atoms with E-state index in [1.165, 1.54) is 0 Å². The van der Waals surface area contributed by atoms with Crippen LogP contribution in [0.25, 0.3) is 0 Å². The molecular formula is C12H13N3O2. The van der Waals surface area contributed by atoms with E-state index in [0.717, 1.165) is 23.5 Å². The molecule has 5 nitrogen and oxygen atoms in total. The second-order valence-corrected chi connectivity index (χ2v) is 4.44. The van der Waals surface area contributed by atoms with Gasteiger partial charge in [-0.2, -0.15) is 0 Å². The zero-order chi connectivity index (χ0) is 12.0. The topological polar surface area (TPSA) is 78.9 Å². The van der Waals surface area contributed by atoms with Gasteiger partial charge in [-0.3, -0.25) is 0 Å². The number of carbonyl (C=O) groups is 1. The molecule has 2 aliphatic rings. The number of benzene rings is 1. The van der Waals surface area contributed by atoms with Gasteiger partial charge in [0.1, 0.15) is 11.9 Å². The number of hydrogen-bond donors (Lipinski definition) is 2. The van der Waals surface area contributed by atoms with Crippen LogP contribution in [0.1, 0.15) is 18.4 Å². The van der Waals surface area contributed by atoms with E-state index < -0.39 is 12.0 Å². The number of anilines is 1. The maximum absolute atomic E-state index is 11.1. The number of aliphatic imine (C=N–C) groups is 1. The number of amidine groups is 1. The molecule has 2 aliphatic heterocycles. The fraction of sp³-hybridized carbons (Fsp3) is 0.333. The zero-order valence-corrected chi connectivity index (χ0v) is 9.26. The quantitative estimate of drug-likeness (QED) is 0.715. The lowest BCUT2D eigenvalue weighted by molar-refractivity contribution is -0.141. The number of rotatable bonds is 1. The molecule has 1 aromatic rings. The fourth-order valence-corrected chi connectivity index (χ4v) is 2.49. The van der Waals surface area contributed by atoms with Crippen LogP contribution < -0.4 is 5.73 Å². The molecule has 1 saturated heterocycles. The Morgan fingerprint density at radius 3 is 3.12 bits per heavy atom. The molecule has 3 N–H and O–H groups in total. The Morgan fingerprint density at radius 1 is 1.53 bits per heavy atom. The normalized spacial score (nSPS) is 21.8. The Bertz CT molecular complexity index is 524. The van der Waals surface area contributed by atoms with Crippen molar-refractivity contribution in [3.05, 3.63) is 23.8 Å². The summed E-state index contributed by atoms with van der Waals surface area (Å²) >= 11 is 0. The lowest BCUT2D eigenvalue weighted by Gasteiger charge is -2.28. The van der Waals surface area contributed by atoms with E-state index in [1.54, 1.807) is 0 Å². The summed E-state index contributed by atoms with van der Waals surface area (Å²) < 4.78 is 0. The van der Waals surface area contributed by atoms with Gasteiger partial charge in [0.15, 0.2) is 0 Å². The summed E-state index contributed by atoms with van der Waals surface area (Å²) in [5, 5.41) is 9.13. The number of carboxylic acids is 1. The van der Waals surface area contributed by atoms with Gasteiger partial charge < -0.3 is 15.7 Å². The van der Waals surface area contributed by atoms with Gasteiger partial charge in [0.2, 0.25) is 0 Å². The van der Waals surface area contributed by atoms with Crippen LogP contribution in [0.2, 0.25) is 0 Å². The van der Waals surface area contributed by atoms with Crippen LogP contribution in [-0.2, 0) is 11.3 Å². The van der Waals surface area contributed by atoms with Crippen LogP contribution in [0.15, 0.2) is 23.2 Å². The molecule has 3 rings (SSSR count). The third kappa shape index (κ3) is 1.54. The van der Waals surface area contributed by atoms with Crippen molar-refractivity contribution < 1.29 is 9.90 Å².